The average Bonchev–Trinajstić information content (AvgIpc) is 2.20. The molecule has 0 bridgehead atoms. The van der Waals surface area contributed by atoms with Crippen LogP contribution in [0.3, 0.4) is 0 Å². The van der Waals surface area contributed by atoms with Crippen molar-refractivity contribution in [3.8, 4) is 0 Å². The molecule has 1 rings (SSSR count). The van der Waals surface area contributed by atoms with Gasteiger partial charge in [-0.05, 0) is 0 Å². The van der Waals surface area contributed by atoms with Crippen LogP contribution in [-0.2, 0) is 0 Å². The van der Waals surface area contributed by atoms with E-state index in [9.17, 15) is 10.2 Å². The summed E-state index contributed by atoms with van der Waals surface area (Å²) in [6.07, 6.45) is -1.92. The highest BCUT2D eigenvalue weighted by Crippen LogP contribution is 2.29. The normalized spacial score (nSPS) is 43.8. The minimum Gasteiger partial charge on any atom is -0.390 e. The fourth-order valence-corrected chi connectivity index (χ4v) is 2.13. The highest BCUT2D eigenvalue weighted by atomic mass is 16.3. The lowest BCUT2D eigenvalue weighted by molar-refractivity contribution is -0.928. The van der Waals surface area contributed by atoms with Crippen molar-refractivity contribution < 1.29 is 24.9 Å². The zero-order valence-electron chi connectivity index (χ0n) is 7.96. The molecule has 78 valence electrons. The maximum Gasteiger partial charge on any atom is 0.141 e. The van der Waals surface area contributed by atoms with E-state index < -0.39 is 24.3 Å². The van der Waals surface area contributed by atoms with Gasteiger partial charge in [-0.2, -0.15) is 0 Å². The number of likely N-dealkylation sites (tertiary alicyclic amines) is 1. The number of aliphatic hydroxyl groups is 4. The van der Waals surface area contributed by atoms with Crippen molar-refractivity contribution in [1.82, 2.24) is 0 Å². The van der Waals surface area contributed by atoms with Crippen molar-refractivity contribution >= 4 is 0 Å². The van der Waals surface area contributed by atoms with Crippen LogP contribution >= 0.6 is 0 Å². The molecule has 0 saturated carbocycles. The molecule has 4 N–H and O–H groups in total. The Bertz CT molecular complexity index is 167. The zero-order valence-corrected chi connectivity index (χ0v) is 7.96. The molecule has 0 radical (unpaired) electrons. The molecule has 0 spiro atoms. The minimum absolute atomic E-state index is 0.193. The Morgan fingerprint density at radius 2 is 1.23 bits per heavy atom. The Morgan fingerprint density at radius 1 is 0.923 bits per heavy atom. The summed E-state index contributed by atoms with van der Waals surface area (Å²) < 4.78 is 0.245. The van der Waals surface area contributed by atoms with Crippen molar-refractivity contribution in [2.75, 3.05) is 27.3 Å². The van der Waals surface area contributed by atoms with Crippen LogP contribution in [0.1, 0.15) is 0 Å². The van der Waals surface area contributed by atoms with Gasteiger partial charge in [-0.3, -0.25) is 0 Å². The van der Waals surface area contributed by atoms with Gasteiger partial charge in [0.1, 0.15) is 24.3 Å². The summed E-state index contributed by atoms with van der Waals surface area (Å²) in [6, 6.07) is -0.848. The lowest BCUT2D eigenvalue weighted by atomic mass is 10.1. The molecule has 1 heterocycles. The van der Waals surface area contributed by atoms with Gasteiger partial charge in [0.05, 0.1) is 27.3 Å². The standard InChI is InChI=1S/C8H18NO4/c1-9(2)5(3-10)7(12)8(13)6(9)4-11/h5-8,10-13H,3-4H2,1-2H3/q+1/t5-,6-,7-,8-/m0/s1. The third-order valence-electron chi connectivity index (χ3n) is 3.22. The van der Waals surface area contributed by atoms with E-state index in [1.54, 1.807) is 14.1 Å². The van der Waals surface area contributed by atoms with Crippen molar-refractivity contribution in [2.24, 2.45) is 0 Å². The van der Waals surface area contributed by atoms with E-state index in [0.717, 1.165) is 0 Å². The number of quaternary nitrogens is 1. The zero-order chi connectivity index (χ0) is 10.2. The third-order valence-corrected chi connectivity index (χ3v) is 3.22. The quantitative estimate of drug-likeness (QED) is 0.365. The maximum absolute atomic E-state index is 9.56. The summed E-state index contributed by atoms with van der Waals surface area (Å²) in [7, 11) is 3.56. The predicted octanol–water partition coefficient (Wildman–Crippen LogP) is -2.48. The molecule has 1 aliphatic rings. The van der Waals surface area contributed by atoms with Gasteiger partial charge < -0.3 is 24.9 Å². The van der Waals surface area contributed by atoms with E-state index >= 15 is 0 Å². The first-order valence-corrected chi connectivity index (χ1v) is 4.38. The molecule has 0 unspecified atom stereocenters. The van der Waals surface area contributed by atoms with Crippen LogP contribution < -0.4 is 0 Å². The van der Waals surface area contributed by atoms with Gasteiger partial charge in [0.25, 0.3) is 0 Å². The molecule has 4 atom stereocenters. The molecule has 13 heavy (non-hydrogen) atoms. The van der Waals surface area contributed by atoms with Crippen LogP contribution in [-0.4, -0.2) is 76.5 Å². The largest absolute Gasteiger partial charge is 0.390 e. The lowest BCUT2D eigenvalue weighted by Gasteiger charge is -2.35. The Balaban J connectivity index is 2.90. The number of hydrogen-bond acceptors (Lipinski definition) is 4. The van der Waals surface area contributed by atoms with Crippen LogP contribution in [0.4, 0.5) is 0 Å². The van der Waals surface area contributed by atoms with Gasteiger partial charge in [0.15, 0.2) is 0 Å². The first kappa shape index (κ1) is 10.9. The van der Waals surface area contributed by atoms with Crippen molar-refractivity contribution in [3.63, 3.8) is 0 Å². The fourth-order valence-electron chi connectivity index (χ4n) is 2.13. The SMILES string of the molecule is C[N+]1(C)[C@@H](CO)[C@H](O)[C@@H](O)[C@@H]1CO. The highest BCUT2D eigenvalue weighted by Gasteiger charge is 2.55. The lowest BCUT2D eigenvalue weighted by Crippen LogP contribution is -2.55. The molecule has 5 heteroatoms. The molecule has 0 amide bonds. The van der Waals surface area contributed by atoms with Gasteiger partial charge in [-0.25, -0.2) is 0 Å². The first-order chi connectivity index (χ1) is 5.96. The number of likely N-dealkylation sites (N-methyl/N-ethyl adjacent to an activating group) is 1. The molecule has 1 aliphatic heterocycles. The summed E-state index contributed by atoms with van der Waals surface area (Å²) in [5, 5.41) is 37.2. The maximum atomic E-state index is 9.56. The van der Waals surface area contributed by atoms with Crippen molar-refractivity contribution in [1.29, 1.82) is 0 Å². The number of hydrogen-bond donors (Lipinski definition) is 4. The number of nitrogens with zero attached hydrogens (tertiary/aromatic N) is 1. The van der Waals surface area contributed by atoms with Crippen LogP contribution in [0.25, 0.3) is 0 Å². The van der Waals surface area contributed by atoms with E-state index in [-0.39, 0.29) is 17.7 Å². The smallest absolute Gasteiger partial charge is 0.141 e. The topological polar surface area (TPSA) is 80.9 Å². The van der Waals surface area contributed by atoms with E-state index in [2.05, 4.69) is 0 Å². The van der Waals surface area contributed by atoms with Gasteiger partial charge >= 0.3 is 0 Å². The second-order valence-corrected chi connectivity index (χ2v) is 4.11. The molecular formula is C8H18NO4+. The van der Waals surface area contributed by atoms with Crippen LogP contribution in [0, 0.1) is 0 Å². The van der Waals surface area contributed by atoms with Gasteiger partial charge in [0, 0.05) is 0 Å². The van der Waals surface area contributed by atoms with Gasteiger partial charge in [0.2, 0.25) is 0 Å². The summed E-state index contributed by atoms with van der Waals surface area (Å²) in [6.45, 7) is -0.385. The minimum atomic E-state index is -0.961. The number of rotatable bonds is 2. The van der Waals surface area contributed by atoms with E-state index in [1.165, 1.54) is 0 Å². The Kier molecular flexibility index (Phi) is 2.94. The molecule has 0 aromatic rings. The molecule has 1 saturated heterocycles. The molecular weight excluding hydrogens is 174 g/mol. The van der Waals surface area contributed by atoms with Crippen molar-refractivity contribution in [3.05, 3.63) is 0 Å². The fraction of sp³-hybridized carbons (Fsp3) is 1.00. The molecule has 0 aromatic carbocycles. The monoisotopic (exact) mass is 192 g/mol. The van der Waals surface area contributed by atoms with Gasteiger partial charge in [-0.15, -0.1) is 0 Å². The second kappa shape index (κ2) is 3.51. The first-order valence-electron chi connectivity index (χ1n) is 4.38. The molecule has 1 fully saturated rings. The predicted molar refractivity (Wildman–Crippen MR) is 45.9 cm³/mol. The van der Waals surface area contributed by atoms with Crippen LogP contribution in [0.2, 0.25) is 0 Å². The second-order valence-electron chi connectivity index (χ2n) is 4.11. The van der Waals surface area contributed by atoms with Crippen molar-refractivity contribution in [2.45, 2.75) is 24.3 Å². The molecule has 0 aliphatic carbocycles. The molecule has 0 aromatic heterocycles. The average molecular weight is 192 g/mol. The molecule has 5 nitrogen and oxygen atoms in total. The van der Waals surface area contributed by atoms with E-state index in [1.807, 2.05) is 0 Å². The van der Waals surface area contributed by atoms with Crippen LogP contribution in [0.15, 0.2) is 0 Å². The third kappa shape index (κ3) is 1.47. The van der Waals surface area contributed by atoms with Crippen LogP contribution in [0.5, 0.6) is 0 Å². The van der Waals surface area contributed by atoms with Gasteiger partial charge in [-0.1, -0.05) is 0 Å². The van der Waals surface area contributed by atoms with E-state index in [4.69, 9.17) is 10.2 Å². The Morgan fingerprint density at radius 3 is 1.38 bits per heavy atom. The summed E-state index contributed by atoms with van der Waals surface area (Å²) >= 11 is 0. The summed E-state index contributed by atoms with van der Waals surface area (Å²) in [4.78, 5) is 0. The van der Waals surface area contributed by atoms with E-state index in [0.29, 0.717) is 0 Å². The highest BCUT2D eigenvalue weighted by molar-refractivity contribution is 4.90. The number of aliphatic hydroxyl groups excluding tert-OH is 4. The summed E-state index contributed by atoms with van der Waals surface area (Å²) in [5.74, 6) is 0. The Labute approximate surface area is 77.4 Å². The Hall–Kier alpha value is -0.200. The summed E-state index contributed by atoms with van der Waals surface area (Å²) in [5.41, 5.74) is 0.